The summed E-state index contributed by atoms with van der Waals surface area (Å²) in [6.45, 7) is 1.83. The van der Waals surface area contributed by atoms with Crippen molar-refractivity contribution in [3.05, 3.63) is 47.7 Å². The summed E-state index contributed by atoms with van der Waals surface area (Å²) in [6, 6.07) is 7.04. The average molecular weight is 286 g/mol. The molecule has 0 aliphatic heterocycles. The molecule has 0 bridgehead atoms. The predicted octanol–water partition coefficient (Wildman–Crippen LogP) is 1.84. The van der Waals surface area contributed by atoms with E-state index in [1.807, 2.05) is 6.92 Å². The van der Waals surface area contributed by atoms with Crippen LogP contribution in [0.3, 0.4) is 0 Å². The number of carbonyl (C=O) groups is 2. The minimum Gasteiger partial charge on any atom is -0.506 e. The Morgan fingerprint density at radius 1 is 1.19 bits per heavy atom. The zero-order chi connectivity index (χ0) is 15.4. The molecule has 1 heterocycles. The SMILES string of the molecule is Cc1ccc(O)c(NC(=O)Nc2cc(C(N)=O)ccn2)c1. The molecule has 0 aliphatic rings. The van der Waals surface area contributed by atoms with E-state index in [1.165, 1.54) is 24.4 Å². The van der Waals surface area contributed by atoms with E-state index in [-0.39, 0.29) is 22.8 Å². The molecular formula is C14H14N4O3. The van der Waals surface area contributed by atoms with Gasteiger partial charge in [-0.05, 0) is 36.8 Å². The van der Waals surface area contributed by atoms with Gasteiger partial charge in [0.25, 0.3) is 0 Å². The maximum Gasteiger partial charge on any atom is 0.324 e. The molecule has 1 aromatic heterocycles. The lowest BCUT2D eigenvalue weighted by atomic mass is 10.2. The van der Waals surface area contributed by atoms with Gasteiger partial charge < -0.3 is 16.2 Å². The monoisotopic (exact) mass is 286 g/mol. The second kappa shape index (κ2) is 5.91. The van der Waals surface area contributed by atoms with Gasteiger partial charge in [-0.2, -0.15) is 0 Å². The average Bonchev–Trinajstić information content (AvgIpc) is 2.43. The Morgan fingerprint density at radius 2 is 1.95 bits per heavy atom. The maximum absolute atomic E-state index is 11.8. The number of anilines is 2. The van der Waals surface area contributed by atoms with E-state index in [1.54, 1.807) is 12.1 Å². The van der Waals surface area contributed by atoms with E-state index in [0.717, 1.165) is 5.56 Å². The quantitative estimate of drug-likeness (QED) is 0.644. The largest absolute Gasteiger partial charge is 0.506 e. The molecule has 3 amide bonds. The van der Waals surface area contributed by atoms with Crippen LogP contribution in [0.1, 0.15) is 15.9 Å². The fourth-order valence-electron chi connectivity index (χ4n) is 1.67. The highest BCUT2D eigenvalue weighted by atomic mass is 16.3. The fourth-order valence-corrected chi connectivity index (χ4v) is 1.67. The van der Waals surface area contributed by atoms with Crippen molar-refractivity contribution in [2.45, 2.75) is 6.92 Å². The molecule has 0 atom stereocenters. The number of urea groups is 1. The Hall–Kier alpha value is -3.09. The number of phenolic OH excluding ortho intramolecular Hbond substituents is 1. The van der Waals surface area contributed by atoms with Crippen molar-refractivity contribution in [1.29, 1.82) is 0 Å². The highest BCUT2D eigenvalue weighted by Crippen LogP contribution is 2.23. The number of amides is 3. The van der Waals surface area contributed by atoms with Crippen LogP contribution in [0, 0.1) is 6.92 Å². The van der Waals surface area contributed by atoms with E-state index in [0.29, 0.717) is 0 Å². The molecule has 0 saturated heterocycles. The number of pyridine rings is 1. The van der Waals surface area contributed by atoms with Gasteiger partial charge in [0.05, 0.1) is 5.69 Å². The number of primary amides is 1. The number of nitrogens with two attached hydrogens (primary N) is 1. The zero-order valence-corrected chi connectivity index (χ0v) is 11.3. The number of aromatic hydroxyl groups is 1. The van der Waals surface area contributed by atoms with Crippen LogP contribution >= 0.6 is 0 Å². The molecular weight excluding hydrogens is 272 g/mol. The summed E-state index contributed by atoms with van der Waals surface area (Å²) < 4.78 is 0. The number of nitrogens with zero attached hydrogens (tertiary/aromatic N) is 1. The van der Waals surface area contributed by atoms with Crippen molar-refractivity contribution >= 4 is 23.4 Å². The Morgan fingerprint density at radius 3 is 2.67 bits per heavy atom. The lowest BCUT2D eigenvalue weighted by molar-refractivity contribution is 0.1000. The van der Waals surface area contributed by atoms with Crippen LogP contribution in [0.2, 0.25) is 0 Å². The number of carbonyl (C=O) groups excluding carboxylic acids is 2. The third-order valence-corrected chi connectivity index (χ3v) is 2.69. The molecule has 1 aromatic carbocycles. The number of benzene rings is 1. The summed E-state index contributed by atoms with van der Waals surface area (Å²) in [4.78, 5) is 26.8. The minimum atomic E-state index is -0.614. The molecule has 0 unspecified atom stereocenters. The zero-order valence-electron chi connectivity index (χ0n) is 11.3. The number of rotatable bonds is 3. The van der Waals surface area contributed by atoms with Gasteiger partial charge >= 0.3 is 6.03 Å². The van der Waals surface area contributed by atoms with E-state index in [4.69, 9.17) is 5.73 Å². The van der Waals surface area contributed by atoms with Crippen molar-refractivity contribution in [3.8, 4) is 5.75 Å². The van der Waals surface area contributed by atoms with E-state index >= 15 is 0 Å². The Balaban J connectivity index is 2.10. The van der Waals surface area contributed by atoms with Crippen molar-refractivity contribution in [1.82, 2.24) is 4.98 Å². The van der Waals surface area contributed by atoms with Gasteiger partial charge in [0.2, 0.25) is 5.91 Å². The van der Waals surface area contributed by atoms with Crippen LogP contribution < -0.4 is 16.4 Å². The van der Waals surface area contributed by atoms with Gasteiger partial charge in [0, 0.05) is 11.8 Å². The number of phenols is 1. The molecule has 0 aliphatic carbocycles. The summed E-state index contributed by atoms with van der Waals surface area (Å²) in [5, 5.41) is 14.6. The maximum atomic E-state index is 11.8. The van der Waals surface area contributed by atoms with E-state index in [9.17, 15) is 14.7 Å². The molecule has 7 nitrogen and oxygen atoms in total. The predicted molar refractivity (Wildman–Crippen MR) is 78.2 cm³/mol. The number of hydrogen-bond acceptors (Lipinski definition) is 4. The number of hydrogen-bond donors (Lipinski definition) is 4. The van der Waals surface area contributed by atoms with Gasteiger partial charge in [0.15, 0.2) is 0 Å². The first-order valence-electron chi connectivity index (χ1n) is 6.09. The lowest BCUT2D eigenvalue weighted by Gasteiger charge is -2.09. The molecule has 7 heteroatoms. The van der Waals surface area contributed by atoms with Gasteiger partial charge in [-0.15, -0.1) is 0 Å². The van der Waals surface area contributed by atoms with Crippen LogP contribution in [-0.2, 0) is 0 Å². The van der Waals surface area contributed by atoms with Gasteiger partial charge in [-0.1, -0.05) is 6.07 Å². The Kier molecular flexibility index (Phi) is 4.03. The highest BCUT2D eigenvalue weighted by molar-refractivity contribution is 6.01. The Bertz CT molecular complexity index is 700. The number of aromatic nitrogens is 1. The third kappa shape index (κ3) is 3.69. The molecule has 5 N–H and O–H groups in total. The Labute approximate surface area is 120 Å². The van der Waals surface area contributed by atoms with Gasteiger partial charge in [-0.3, -0.25) is 10.1 Å². The van der Waals surface area contributed by atoms with Crippen LogP contribution in [0.25, 0.3) is 0 Å². The van der Waals surface area contributed by atoms with Crippen molar-refractivity contribution < 1.29 is 14.7 Å². The second-order valence-electron chi connectivity index (χ2n) is 4.39. The smallest absolute Gasteiger partial charge is 0.324 e. The summed E-state index contributed by atoms with van der Waals surface area (Å²) >= 11 is 0. The van der Waals surface area contributed by atoms with Crippen molar-refractivity contribution in [3.63, 3.8) is 0 Å². The molecule has 2 aromatic rings. The minimum absolute atomic E-state index is 0.0467. The molecule has 0 spiro atoms. The second-order valence-corrected chi connectivity index (χ2v) is 4.39. The molecule has 0 saturated carbocycles. The van der Waals surface area contributed by atoms with Gasteiger partial charge in [0.1, 0.15) is 11.6 Å². The molecule has 2 rings (SSSR count). The molecule has 0 radical (unpaired) electrons. The van der Waals surface area contributed by atoms with Crippen molar-refractivity contribution in [2.24, 2.45) is 5.73 Å². The summed E-state index contributed by atoms with van der Waals surface area (Å²) in [5.41, 5.74) is 6.54. The summed E-state index contributed by atoms with van der Waals surface area (Å²) in [7, 11) is 0. The first-order chi connectivity index (χ1) is 9.95. The molecule has 108 valence electrons. The standard InChI is InChI=1S/C14H14N4O3/c1-8-2-3-11(19)10(6-8)17-14(21)18-12-7-9(13(15)20)4-5-16-12/h2-7,19H,1H3,(H2,15,20)(H2,16,17,18,21). The van der Waals surface area contributed by atoms with Crippen LogP contribution in [0.4, 0.5) is 16.3 Å². The molecule has 0 fully saturated rings. The van der Waals surface area contributed by atoms with Crippen molar-refractivity contribution in [2.75, 3.05) is 10.6 Å². The van der Waals surface area contributed by atoms with E-state index in [2.05, 4.69) is 15.6 Å². The normalized spacial score (nSPS) is 9.95. The van der Waals surface area contributed by atoms with Crippen LogP contribution in [-0.4, -0.2) is 22.0 Å². The first-order valence-corrected chi connectivity index (χ1v) is 6.09. The summed E-state index contributed by atoms with van der Waals surface area (Å²) in [5.74, 6) is -0.484. The van der Waals surface area contributed by atoms with Crippen LogP contribution in [0.15, 0.2) is 36.5 Å². The third-order valence-electron chi connectivity index (χ3n) is 2.69. The highest BCUT2D eigenvalue weighted by Gasteiger charge is 2.09. The molecule has 21 heavy (non-hydrogen) atoms. The van der Waals surface area contributed by atoms with Crippen LogP contribution in [0.5, 0.6) is 5.75 Å². The number of aryl methyl sites for hydroxylation is 1. The lowest BCUT2D eigenvalue weighted by Crippen LogP contribution is -2.21. The summed E-state index contributed by atoms with van der Waals surface area (Å²) in [6.07, 6.45) is 1.36. The topological polar surface area (TPSA) is 117 Å². The van der Waals surface area contributed by atoms with Gasteiger partial charge in [-0.25, -0.2) is 9.78 Å². The fraction of sp³-hybridized carbons (Fsp3) is 0.0714. The number of nitrogens with one attached hydrogen (secondary N) is 2. The first kappa shape index (κ1) is 14.3. The van der Waals surface area contributed by atoms with E-state index < -0.39 is 11.9 Å².